The zero-order chi connectivity index (χ0) is 13.9. The van der Waals surface area contributed by atoms with Gasteiger partial charge in [-0.3, -0.25) is 0 Å². The Hall–Kier alpha value is -1.74. The van der Waals surface area contributed by atoms with Gasteiger partial charge in [0.25, 0.3) is 0 Å². The van der Waals surface area contributed by atoms with Crippen molar-refractivity contribution in [1.82, 2.24) is 0 Å². The quantitative estimate of drug-likeness (QED) is 0.492. The second kappa shape index (κ2) is 6.81. The third kappa shape index (κ3) is 3.13. The molecule has 3 rings (SSSR count). The Kier molecular flexibility index (Phi) is 5.07. The Morgan fingerprint density at radius 3 is 1.76 bits per heavy atom. The molecular weight excluding hydrogens is 247 g/mol. The van der Waals surface area contributed by atoms with E-state index < -0.39 is 0 Å². The third-order valence-electron chi connectivity index (χ3n) is 3.71. The summed E-state index contributed by atoms with van der Waals surface area (Å²) in [5.74, 6) is 0. The van der Waals surface area contributed by atoms with E-state index in [1.807, 2.05) is 6.07 Å². The van der Waals surface area contributed by atoms with Crippen LogP contribution in [0.5, 0.6) is 0 Å². The molecule has 0 aliphatic rings. The van der Waals surface area contributed by atoms with E-state index in [4.69, 9.17) is 0 Å². The molecule has 0 aromatic heterocycles. The fraction of sp³-hybridized carbons (Fsp3) is 0.100. The SMILES string of the molecule is Cc1ccccc1-c1[c-]cccc1-c1ccccc1C.[Li+]. The number of benzene rings is 3. The standard InChI is InChI=1S/C20H17.Li/c1-15-9-3-5-11-17(15)19-13-7-8-14-20(19)18-12-6-4-10-16(18)2;/h3-13H,1-2H3;/q-1;+1. The maximum Gasteiger partial charge on any atom is 1.00 e. The van der Waals surface area contributed by atoms with Crippen LogP contribution in [0.3, 0.4) is 0 Å². The van der Waals surface area contributed by atoms with Gasteiger partial charge in [-0.1, -0.05) is 70.8 Å². The maximum atomic E-state index is 3.42. The summed E-state index contributed by atoms with van der Waals surface area (Å²) in [6.07, 6.45) is 0. The van der Waals surface area contributed by atoms with Gasteiger partial charge >= 0.3 is 18.9 Å². The van der Waals surface area contributed by atoms with Crippen molar-refractivity contribution in [2.45, 2.75) is 13.8 Å². The van der Waals surface area contributed by atoms with Crippen molar-refractivity contribution in [3.8, 4) is 22.3 Å². The van der Waals surface area contributed by atoms with E-state index in [0.717, 1.165) is 0 Å². The minimum Gasteiger partial charge on any atom is -0.147 e. The molecule has 0 unspecified atom stereocenters. The molecule has 0 saturated heterocycles. The number of rotatable bonds is 2. The predicted molar refractivity (Wildman–Crippen MR) is 85.6 cm³/mol. The predicted octanol–water partition coefficient (Wildman–Crippen LogP) is 2.44. The molecule has 98 valence electrons. The van der Waals surface area contributed by atoms with Crippen molar-refractivity contribution >= 4 is 0 Å². The van der Waals surface area contributed by atoms with E-state index in [9.17, 15) is 0 Å². The van der Waals surface area contributed by atoms with Crippen LogP contribution in [-0.2, 0) is 0 Å². The molecule has 0 fully saturated rings. The van der Waals surface area contributed by atoms with Crippen LogP contribution in [-0.4, -0.2) is 0 Å². The first-order chi connectivity index (χ1) is 9.77. The molecule has 3 aromatic rings. The molecule has 0 amide bonds. The van der Waals surface area contributed by atoms with Crippen LogP contribution in [0.25, 0.3) is 22.3 Å². The summed E-state index contributed by atoms with van der Waals surface area (Å²) in [7, 11) is 0. The first-order valence-electron chi connectivity index (χ1n) is 6.90. The van der Waals surface area contributed by atoms with Crippen LogP contribution >= 0.6 is 0 Å². The Bertz CT molecular complexity index is 680. The zero-order valence-corrected chi connectivity index (χ0v) is 12.9. The average Bonchev–Trinajstić information content (AvgIpc) is 2.48. The second-order valence-electron chi connectivity index (χ2n) is 5.09. The van der Waals surface area contributed by atoms with Crippen LogP contribution < -0.4 is 18.9 Å². The van der Waals surface area contributed by atoms with Crippen LogP contribution in [0.2, 0.25) is 0 Å². The Balaban J connectivity index is 0.00000161. The molecular formula is C20H17Li. The van der Waals surface area contributed by atoms with Gasteiger partial charge in [-0.25, -0.2) is 0 Å². The molecule has 0 bridgehead atoms. The minimum atomic E-state index is 0. The molecule has 0 aliphatic heterocycles. The topological polar surface area (TPSA) is 0 Å². The van der Waals surface area contributed by atoms with E-state index in [-0.39, 0.29) is 18.9 Å². The van der Waals surface area contributed by atoms with E-state index in [1.54, 1.807) is 0 Å². The van der Waals surface area contributed by atoms with Crippen LogP contribution in [0, 0.1) is 19.9 Å². The summed E-state index contributed by atoms with van der Waals surface area (Å²) < 4.78 is 0. The van der Waals surface area contributed by atoms with Crippen molar-refractivity contribution in [3.05, 3.63) is 83.9 Å². The van der Waals surface area contributed by atoms with Gasteiger partial charge in [0, 0.05) is 0 Å². The molecule has 0 spiro atoms. The van der Waals surface area contributed by atoms with Gasteiger partial charge in [-0.2, -0.15) is 0 Å². The van der Waals surface area contributed by atoms with Gasteiger partial charge in [0.05, 0.1) is 0 Å². The summed E-state index contributed by atoms with van der Waals surface area (Å²) in [4.78, 5) is 0. The molecule has 0 heterocycles. The maximum absolute atomic E-state index is 3.42. The Morgan fingerprint density at radius 2 is 1.14 bits per heavy atom. The van der Waals surface area contributed by atoms with E-state index in [1.165, 1.54) is 33.4 Å². The molecule has 0 radical (unpaired) electrons. The number of aryl methyl sites for hydroxylation is 2. The summed E-state index contributed by atoms with van der Waals surface area (Å²) in [5.41, 5.74) is 7.54. The van der Waals surface area contributed by atoms with E-state index in [0.29, 0.717) is 0 Å². The minimum absolute atomic E-state index is 0. The van der Waals surface area contributed by atoms with Crippen LogP contribution in [0.15, 0.2) is 66.7 Å². The first kappa shape index (κ1) is 15.6. The molecule has 0 aliphatic carbocycles. The van der Waals surface area contributed by atoms with Crippen molar-refractivity contribution in [2.24, 2.45) is 0 Å². The molecule has 21 heavy (non-hydrogen) atoms. The molecule has 0 atom stereocenters. The number of hydrogen-bond donors (Lipinski definition) is 0. The summed E-state index contributed by atoms with van der Waals surface area (Å²) in [6, 6.07) is 26.7. The van der Waals surface area contributed by atoms with Crippen LogP contribution in [0.1, 0.15) is 11.1 Å². The largest absolute Gasteiger partial charge is 1.00 e. The Labute approximate surface area is 139 Å². The van der Waals surface area contributed by atoms with Gasteiger partial charge in [-0.15, -0.1) is 35.4 Å². The van der Waals surface area contributed by atoms with Crippen molar-refractivity contribution in [3.63, 3.8) is 0 Å². The van der Waals surface area contributed by atoms with Gasteiger partial charge in [0.15, 0.2) is 0 Å². The smallest absolute Gasteiger partial charge is 0.147 e. The summed E-state index contributed by atoms with van der Waals surface area (Å²) in [5, 5.41) is 0. The molecule has 0 nitrogen and oxygen atoms in total. The molecule has 1 heteroatoms. The van der Waals surface area contributed by atoms with Gasteiger partial charge in [0.1, 0.15) is 0 Å². The molecule has 3 aromatic carbocycles. The Morgan fingerprint density at radius 1 is 0.619 bits per heavy atom. The van der Waals surface area contributed by atoms with Gasteiger partial charge < -0.3 is 0 Å². The monoisotopic (exact) mass is 264 g/mol. The van der Waals surface area contributed by atoms with Crippen LogP contribution in [0.4, 0.5) is 0 Å². The van der Waals surface area contributed by atoms with Crippen molar-refractivity contribution < 1.29 is 18.9 Å². The third-order valence-corrected chi connectivity index (χ3v) is 3.71. The number of hydrogen-bond acceptors (Lipinski definition) is 0. The van der Waals surface area contributed by atoms with Crippen molar-refractivity contribution in [1.29, 1.82) is 0 Å². The molecule has 0 N–H and O–H groups in total. The fourth-order valence-corrected chi connectivity index (χ4v) is 2.61. The summed E-state index contributed by atoms with van der Waals surface area (Å²) in [6.45, 7) is 4.31. The molecule has 0 saturated carbocycles. The van der Waals surface area contributed by atoms with Gasteiger partial charge in [0.2, 0.25) is 0 Å². The van der Waals surface area contributed by atoms with E-state index in [2.05, 4.69) is 80.6 Å². The first-order valence-corrected chi connectivity index (χ1v) is 6.90. The second-order valence-corrected chi connectivity index (χ2v) is 5.09. The fourth-order valence-electron chi connectivity index (χ4n) is 2.61. The normalized spacial score (nSPS) is 10.0. The summed E-state index contributed by atoms with van der Waals surface area (Å²) >= 11 is 0. The van der Waals surface area contributed by atoms with Gasteiger partial charge in [-0.05, 0) is 13.8 Å². The zero-order valence-electron chi connectivity index (χ0n) is 12.9. The van der Waals surface area contributed by atoms with E-state index >= 15 is 0 Å². The van der Waals surface area contributed by atoms with Crippen molar-refractivity contribution in [2.75, 3.05) is 0 Å². The average molecular weight is 264 g/mol.